The van der Waals surface area contributed by atoms with Gasteiger partial charge in [-0.2, -0.15) is 0 Å². The Hall–Kier alpha value is -1.16. The van der Waals surface area contributed by atoms with E-state index in [1.807, 2.05) is 0 Å². The van der Waals surface area contributed by atoms with Crippen molar-refractivity contribution in [3.8, 4) is 5.75 Å². The fourth-order valence-electron chi connectivity index (χ4n) is 1.11. The van der Waals surface area contributed by atoms with E-state index in [2.05, 4.69) is 4.74 Å². The minimum absolute atomic E-state index is 0.325. The molecule has 0 atom stereocenters. The zero-order chi connectivity index (χ0) is 9.84. The van der Waals surface area contributed by atoms with Gasteiger partial charge in [-0.05, 0) is 24.6 Å². The standard InChI is InChI=1S/C9H11F2NO/c1-13-9-7(10)3-2-6(4-5-12)8(9)11/h2-3H,4-5,12H2,1H3. The molecule has 1 aromatic rings. The van der Waals surface area contributed by atoms with E-state index in [0.29, 0.717) is 18.5 Å². The van der Waals surface area contributed by atoms with E-state index in [1.54, 1.807) is 0 Å². The van der Waals surface area contributed by atoms with Gasteiger partial charge in [0.1, 0.15) is 0 Å². The van der Waals surface area contributed by atoms with Gasteiger partial charge in [0, 0.05) is 0 Å². The topological polar surface area (TPSA) is 35.2 Å². The van der Waals surface area contributed by atoms with Crippen molar-refractivity contribution in [1.29, 1.82) is 0 Å². The molecule has 0 aliphatic heterocycles. The van der Waals surface area contributed by atoms with Gasteiger partial charge in [-0.15, -0.1) is 0 Å². The molecular formula is C9H11F2NO. The van der Waals surface area contributed by atoms with Gasteiger partial charge >= 0.3 is 0 Å². The molecule has 0 spiro atoms. The van der Waals surface area contributed by atoms with Crippen molar-refractivity contribution in [3.63, 3.8) is 0 Å². The second-order valence-electron chi connectivity index (χ2n) is 2.59. The molecule has 0 aromatic heterocycles. The molecule has 13 heavy (non-hydrogen) atoms. The zero-order valence-electron chi connectivity index (χ0n) is 7.31. The molecule has 1 rings (SSSR count). The summed E-state index contributed by atoms with van der Waals surface area (Å²) in [4.78, 5) is 0. The molecule has 4 heteroatoms. The van der Waals surface area contributed by atoms with E-state index in [0.717, 1.165) is 0 Å². The van der Waals surface area contributed by atoms with Gasteiger partial charge < -0.3 is 10.5 Å². The first-order valence-electron chi connectivity index (χ1n) is 3.91. The monoisotopic (exact) mass is 187 g/mol. The Balaban J connectivity index is 3.11. The number of methoxy groups -OCH3 is 1. The highest BCUT2D eigenvalue weighted by atomic mass is 19.1. The summed E-state index contributed by atoms with van der Waals surface area (Å²) < 4.78 is 30.7. The molecule has 0 amide bonds. The van der Waals surface area contributed by atoms with Crippen LogP contribution in [0.15, 0.2) is 12.1 Å². The van der Waals surface area contributed by atoms with E-state index in [9.17, 15) is 8.78 Å². The number of nitrogens with two attached hydrogens (primary N) is 1. The highest BCUT2D eigenvalue weighted by Crippen LogP contribution is 2.24. The average molecular weight is 187 g/mol. The molecular weight excluding hydrogens is 176 g/mol. The molecule has 2 N–H and O–H groups in total. The van der Waals surface area contributed by atoms with Crippen molar-refractivity contribution in [2.45, 2.75) is 6.42 Å². The summed E-state index contributed by atoms with van der Waals surface area (Å²) >= 11 is 0. The first-order valence-corrected chi connectivity index (χ1v) is 3.91. The van der Waals surface area contributed by atoms with Crippen LogP contribution >= 0.6 is 0 Å². The first kappa shape index (κ1) is 9.92. The first-order chi connectivity index (χ1) is 6.20. The van der Waals surface area contributed by atoms with Crippen LogP contribution in [-0.2, 0) is 6.42 Å². The van der Waals surface area contributed by atoms with E-state index in [-0.39, 0.29) is 5.75 Å². The van der Waals surface area contributed by atoms with Crippen LogP contribution in [0.1, 0.15) is 5.56 Å². The highest BCUT2D eigenvalue weighted by Gasteiger charge is 2.12. The van der Waals surface area contributed by atoms with Gasteiger partial charge in [0.15, 0.2) is 17.4 Å². The van der Waals surface area contributed by atoms with E-state index in [4.69, 9.17) is 5.73 Å². The van der Waals surface area contributed by atoms with Crippen molar-refractivity contribution < 1.29 is 13.5 Å². The second-order valence-corrected chi connectivity index (χ2v) is 2.59. The Labute approximate surface area is 75.3 Å². The van der Waals surface area contributed by atoms with Gasteiger partial charge in [0.05, 0.1) is 7.11 Å². The minimum Gasteiger partial charge on any atom is -0.491 e. The molecule has 0 radical (unpaired) electrons. The maximum atomic E-state index is 13.3. The van der Waals surface area contributed by atoms with E-state index in [1.165, 1.54) is 19.2 Å². The number of ether oxygens (including phenoxy) is 1. The third-order valence-electron chi connectivity index (χ3n) is 1.75. The highest BCUT2D eigenvalue weighted by molar-refractivity contribution is 5.32. The van der Waals surface area contributed by atoms with Crippen LogP contribution in [0.3, 0.4) is 0 Å². The van der Waals surface area contributed by atoms with Crippen molar-refractivity contribution >= 4 is 0 Å². The van der Waals surface area contributed by atoms with E-state index >= 15 is 0 Å². The van der Waals surface area contributed by atoms with Crippen molar-refractivity contribution in [2.24, 2.45) is 5.73 Å². The summed E-state index contributed by atoms with van der Waals surface area (Å²) in [6.45, 7) is 0.325. The van der Waals surface area contributed by atoms with Crippen LogP contribution in [0.5, 0.6) is 5.75 Å². The fraction of sp³-hybridized carbons (Fsp3) is 0.333. The summed E-state index contributed by atoms with van der Waals surface area (Å²) in [6, 6.07) is 2.55. The van der Waals surface area contributed by atoms with Gasteiger partial charge in [0.2, 0.25) is 0 Å². The molecule has 0 aliphatic rings. The molecule has 0 heterocycles. The summed E-state index contributed by atoms with van der Waals surface area (Å²) in [5.74, 6) is -1.69. The number of hydrogen-bond acceptors (Lipinski definition) is 2. The van der Waals surface area contributed by atoms with Crippen LogP contribution in [0.25, 0.3) is 0 Å². The molecule has 0 fully saturated rings. The molecule has 2 nitrogen and oxygen atoms in total. The lowest BCUT2D eigenvalue weighted by molar-refractivity contribution is 0.357. The largest absolute Gasteiger partial charge is 0.491 e. The Morgan fingerprint density at radius 2 is 2.08 bits per heavy atom. The molecule has 0 unspecified atom stereocenters. The Morgan fingerprint density at radius 1 is 1.38 bits per heavy atom. The van der Waals surface area contributed by atoms with Crippen molar-refractivity contribution in [1.82, 2.24) is 0 Å². The predicted octanol–water partition coefficient (Wildman–Crippen LogP) is 1.47. The van der Waals surface area contributed by atoms with Crippen LogP contribution < -0.4 is 10.5 Å². The maximum absolute atomic E-state index is 13.3. The van der Waals surface area contributed by atoms with Crippen molar-refractivity contribution in [3.05, 3.63) is 29.3 Å². The van der Waals surface area contributed by atoms with E-state index < -0.39 is 11.6 Å². The minimum atomic E-state index is -0.694. The number of rotatable bonds is 3. The lowest BCUT2D eigenvalue weighted by atomic mass is 10.1. The summed E-state index contributed by atoms with van der Waals surface area (Å²) in [7, 11) is 1.23. The number of hydrogen-bond donors (Lipinski definition) is 1. The average Bonchev–Trinajstić information content (AvgIpc) is 2.11. The Kier molecular flexibility index (Phi) is 3.19. The summed E-state index contributed by atoms with van der Waals surface area (Å²) in [6.07, 6.45) is 0.377. The zero-order valence-corrected chi connectivity index (χ0v) is 7.31. The quantitative estimate of drug-likeness (QED) is 0.777. The predicted molar refractivity (Wildman–Crippen MR) is 45.7 cm³/mol. The van der Waals surface area contributed by atoms with Gasteiger partial charge in [-0.1, -0.05) is 6.07 Å². The van der Waals surface area contributed by atoms with Crippen LogP contribution in [0, 0.1) is 11.6 Å². The van der Waals surface area contributed by atoms with Crippen molar-refractivity contribution in [2.75, 3.05) is 13.7 Å². The Morgan fingerprint density at radius 3 is 2.62 bits per heavy atom. The fourth-order valence-corrected chi connectivity index (χ4v) is 1.11. The Bertz CT molecular complexity index is 302. The SMILES string of the molecule is COc1c(F)ccc(CCN)c1F. The van der Waals surface area contributed by atoms with Crippen LogP contribution in [0.4, 0.5) is 8.78 Å². The molecule has 0 saturated carbocycles. The molecule has 72 valence electrons. The lowest BCUT2D eigenvalue weighted by Crippen LogP contribution is -2.06. The van der Waals surface area contributed by atoms with Gasteiger partial charge in [-0.25, -0.2) is 8.78 Å². The third-order valence-corrected chi connectivity index (χ3v) is 1.75. The van der Waals surface area contributed by atoms with Crippen LogP contribution in [0.2, 0.25) is 0 Å². The van der Waals surface area contributed by atoms with Gasteiger partial charge in [0.25, 0.3) is 0 Å². The number of benzene rings is 1. The lowest BCUT2D eigenvalue weighted by Gasteiger charge is -2.07. The molecule has 0 aliphatic carbocycles. The summed E-state index contributed by atoms with van der Waals surface area (Å²) in [5.41, 5.74) is 5.63. The summed E-state index contributed by atoms with van der Waals surface area (Å²) in [5, 5.41) is 0. The second kappa shape index (κ2) is 4.18. The van der Waals surface area contributed by atoms with Crippen LogP contribution in [-0.4, -0.2) is 13.7 Å². The normalized spacial score (nSPS) is 10.2. The smallest absolute Gasteiger partial charge is 0.190 e. The molecule has 0 bridgehead atoms. The molecule has 1 aromatic carbocycles. The third kappa shape index (κ3) is 1.95. The maximum Gasteiger partial charge on any atom is 0.190 e. The van der Waals surface area contributed by atoms with Gasteiger partial charge in [-0.3, -0.25) is 0 Å². The molecule has 0 saturated heterocycles. The number of halogens is 2.